The predicted molar refractivity (Wildman–Crippen MR) is 231 cm³/mol. The maximum absolute atomic E-state index is 2.39. The van der Waals surface area contributed by atoms with Crippen molar-refractivity contribution in [2.45, 2.75) is 26.2 Å². The van der Waals surface area contributed by atoms with Gasteiger partial charge in [-0.05, 0) is 112 Å². The summed E-state index contributed by atoms with van der Waals surface area (Å²) in [6.07, 6.45) is 4.47. The van der Waals surface area contributed by atoms with Crippen molar-refractivity contribution in [3.8, 4) is 11.1 Å². The van der Waals surface area contributed by atoms with E-state index in [9.17, 15) is 0 Å². The number of anilines is 6. The van der Waals surface area contributed by atoms with E-state index in [0.29, 0.717) is 0 Å². The first-order chi connectivity index (χ1) is 26.4. The zero-order valence-corrected chi connectivity index (χ0v) is 30.9. The highest BCUT2D eigenvalue weighted by atomic mass is 15.1. The smallest absolute Gasteiger partial charge is 0.0540 e. The Hall–Kier alpha value is -6.64. The molecule has 0 heterocycles. The maximum atomic E-state index is 2.39. The highest BCUT2D eigenvalue weighted by Gasteiger charge is 2.36. The first-order valence-corrected chi connectivity index (χ1v) is 18.8. The average molecular weight is 695 g/mol. The van der Waals surface area contributed by atoms with Crippen molar-refractivity contribution >= 4 is 57.0 Å². The van der Waals surface area contributed by atoms with Gasteiger partial charge in [0.2, 0.25) is 0 Å². The molecule has 0 fully saturated rings. The normalized spacial score (nSPS) is 12.8. The van der Waals surface area contributed by atoms with E-state index in [1.807, 2.05) is 0 Å². The molecular weight excluding hydrogens is 653 g/mol. The van der Waals surface area contributed by atoms with E-state index in [0.717, 1.165) is 34.0 Å². The van der Waals surface area contributed by atoms with Gasteiger partial charge in [0.1, 0.15) is 0 Å². The fourth-order valence-corrected chi connectivity index (χ4v) is 8.04. The Balaban J connectivity index is 1.01. The summed E-state index contributed by atoms with van der Waals surface area (Å²) in [5.41, 5.74) is 15.7. The van der Waals surface area contributed by atoms with Crippen molar-refractivity contribution in [1.29, 1.82) is 0 Å². The molecule has 0 N–H and O–H groups in total. The second-order valence-electron chi connectivity index (χ2n) is 14.8. The van der Waals surface area contributed by atoms with Crippen molar-refractivity contribution in [2.24, 2.45) is 0 Å². The Bertz CT molecular complexity index is 2570. The molecule has 260 valence electrons. The molecule has 0 unspecified atom stereocenters. The van der Waals surface area contributed by atoms with Gasteiger partial charge in [-0.25, -0.2) is 0 Å². The molecule has 54 heavy (non-hydrogen) atoms. The van der Waals surface area contributed by atoms with Crippen LogP contribution in [-0.2, 0) is 5.41 Å². The summed E-state index contributed by atoms with van der Waals surface area (Å²) in [7, 11) is 0. The molecule has 1 aliphatic rings. The number of fused-ring (bicyclic) bond motifs is 4. The molecule has 8 aromatic rings. The molecule has 0 saturated heterocycles. The molecule has 1 aliphatic carbocycles. The molecule has 8 aromatic carbocycles. The third-order valence-corrected chi connectivity index (χ3v) is 10.9. The largest absolute Gasteiger partial charge is 0.310 e. The molecule has 9 rings (SSSR count). The van der Waals surface area contributed by atoms with Crippen LogP contribution >= 0.6 is 0 Å². The number of rotatable bonds is 8. The number of nitrogens with zero attached hydrogens (tertiary/aromatic N) is 2. The maximum Gasteiger partial charge on any atom is 0.0540 e. The summed E-state index contributed by atoms with van der Waals surface area (Å²) in [5, 5.41) is 2.46. The molecule has 0 aromatic heterocycles. The number of hydrogen-bond acceptors (Lipinski definition) is 2. The molecule has 0 radical (unpaired) electrons. The van der Waals surface area contributed by atoms with Gasteiger partial charge >= 0.3 is 0 Å². The zero-order valence-electron chi connectivity index (χ0n) is 30.9. The Labute approximate surface area is 318 Å². The van der Waals surface area contributed by atoms with Crippen LogP contribution in [0.15, 0.2) is 188 Å². The Morgan fingerprint density at radius 1 is 0.407 bits per heavy atom. The third kappa shape index (κ3) is 6.06. The summed E-state index contributed by atoms with van der Waals surface area (Å²) in [6, 6.07) is 68.0. The monoisotopic (exact) mass is 694 g/mol. The van der Waals surface area contributed by atoms with Crippen LogP contribution < -0.4 is 9.80 Å². The van der Waals surface area contributed by atoms with E-state index in [1.165, 1.54) is 49.8 Å². The van der Waals surface area contributed by atoms with E-state index in [1.54, 1.807) is 0 Å². The lowest BCUT2D eigenvalue weighted by Crippen LogP contribution is -2.16. The fraction of sp³-hybridized carbons (Fsp3) is 0.0769. The van der Waals surface area contributed by atoms with Crippen LogP contribution in [0.3, 0.4) is 0 Å². The van der Waals surface area contributed by atoms with Gasteiger partial charge in [0, 0.05) is 39.2 Å². The van der Waals surface area contributed by atoms with Gasteiger partial charge in [0.25, 0.3) is 0 Å². The van der Waals surface area contributed by atoms with Crippen molar-refractivity contribution in [3.63, 3.8) is 0 Å². The summed E-state index contributed by atoms with van der Waals surface area (Å²) in [6.45, 7) is 6.86. The summed E-state index contributed by atoms with van der Waals surface area (Å²) < 4.78 is 0. The lowest BCUT2D eigenvalue weighted by Gasteiger charge is -2.28. The van der Waals surface area contributed by atoms with Crippen molar-refractivity contribution in [2.75, 3.05) is 9.80 Å². The van der Waals surface area contributed by atoms with E-state index >= 15 is 0 Å². The quantitative estimate of drug-likeness (QED) is 0.146. The van der Waals surface area contributed by atoms with Gasteiger partial charge in [0.15, 0.2) is 0 Å². The summed E-state index contributed by atoms with van der Waals surface area (Å²) >= 11 is 0. The first kappa shape index (κ1) is 33.2. The van der Waals surface area contributed by atoms with Crippen LogP contribution in [0, 0.1) is 6.92 Å². The minimum absolute atomic E-state index is 0.147. The van der Waals surface area contributed by atoms with Crippen molar-refractivity contribution in [3.05, 3.63) is 216 Å². The minimum atomic E-state index is -0.147. The molecule has 0 amide bonds. The van der Waals surface area contributed by atoms with E-state index in [4.69, 9.17) is 0 Å². The number of para-hydroxylation sites is 2. The fourth-order valence-electron chi connectivity index (χ4n) is 8.04. The first-order valence-electron chi connectivity index (χ1n) is 18.8. The molecule has 2 heteroatoms. The van der Waals surface area contributed by atoms with Gasteiger partial charge in [-0.3, -0.25) is 0 Å². The van der Waals surface area contributed by atoms with E-state index in [-0.39, 0.29) is 5.41 Å². The van der Waals surface area contributed by atoms with Crippen LogP contribution in [0.25, 0.3) is 34.1 Å². The van der Waals surface area contributed by atoms with Crippen LogP contribution in [0.2, 0.25) is 0 Å². The highest BCUT2D eigenvalue weighted by Crippen LogP contribution is 2.51. The van der Waals surface area contributed by atoms with Gasteiger partial charge in [-0.15, -0.1) is 0 Å². The second-order valence-corrected chi connectivity index (χ2v) is 14.8. The molecular formula is C52H42N2. The molecule has 0 bridgehead atoms. The second kappa shape index (κ2) is 13.7. The SMILES string of the molecule is Cc1ccc(N(c2ccc(/C=C/c3ccc4c(c3)C(C)(C)c3cc(N(c5ccccc5)c5ccccc5)ccc3-4)cc2)c2cccc3ccccc23)cc1. The Kier molecular flexibility index (Phi) is 8.44. The number of benzene rings is 8. The van der Waals surface area contributed by atoms with Crippen molar-refractivity contribution < 1.29 is 0 Å². The van der Waals surface area contributed by atoms with Gasteiger partial charge in [0.05, 0.1) is 5.69 Å². The summed E-state index contributed by atoms with van der Waals surface area (Å²) in [5.74, 6) is 0. The number of aryl methyl sites for hydroxylation is 1. The predicted octanol–water partition coefficient (Wildman–Crippen LogP) is 14.6. The molecule has 0 saturated carbocycles. The van der Waals surface area contributed by atoms with Gasteiger partial charge in [-0.1, -0.05) is 153 Å². The lowest BCUT2D eigenvalue weighted by molar-refractivity contribution is 0.660. The van der Waals surface area contributed by atoms with E-state index < -0.39 is 0 Å². The average Bonchev–Trinajstić information content (AvgIpc) is 3.44. The molecule has 0 atom stereocenters. The summed E-state index contributed by atoms with van der Waals surface area (Å²) in [4.78, 5) is 4.71. The molecule has 2 nitrogen and oxygen atoms in total. The van der Waals surface area contributed by atoms with Gasteiger partial charge in [-0.2, -0.15) is 0 Å². The van der Waals surface area contributed by atoms with E-state index in [2.05, 4.69) is 231 Å². The topological polar surface area (TPSA) is 6.48 Å². The highest BCUT2D eigenvalue weighted by molar-refractivity contribution is 5.99. The Morgan fingerprint density at radius 3 is 1.59 bits per heavy atom. The van der Waals surface area contributed by atoms with Crippen LogP contribution in [0.1, 0.15) is 41.7 Å². The van der Waals surface area contributed by atoms with Crippen molar-refractivity contribution in [1.82, 2.24) is 0 Å². The standard InChI is InChI=1S/C52H42N2/c1-37-21-28-43(29-22-37)54(51-20-12-14-40-13-10-11-19-46(40)51)44-30-25-38(26-31-44)23-24-39-27-33-47-48-34-32-45(36-50(48)52(2,3)49(47)35-39)53(41-15-6-4-7-16-41)42-17-8-5-9-18-42/h4-36H,1-3H3/b24-23+. The van der Waals surface area contributed by atoms with Crippen LogP contribution in [-0.4, -0.2) is 0 Å². The lowest BCUT2D eigenvalue weighted by atomic mass is 9.81. The molecule has 0 aliphatic heterocycles. The minimum Gasteiger partial charge on any atom is -0.310 e. The van der Waals surface area contributed by atoms with Crippen LogP contribution in [0.5, 0.6) is 0 Å². The van der Waals surface area contributed by atoms with Gasteiger partial charge < -0.3 is 9.80 Å². The molecule has 0 spiro atoms. The zero-order chi connectivity index (χ0) is 36.6. The third-order valence-electron chi connectivity index (χ3n) is 10.9. The number of hydrogen-bond donors (Lipinski definition) is 0. The Morgan fingerprint density at radius 2 is 0.907 bits per heavy atom. The van der Waals surface area contributed by atoms with Crippen LogP contribution in [0.4, 0.5) is 34.1 Å².